The van der Waals surface area contributed by atoms with Crippen molar-refractivity contribution >= 4 is 23.8 Å². The third-order valence-corrected chi connectivity index (χ3v) is 10.2. The van der Waals surface area contributed by atoms with Gasteiger partial charge in [-0.25, -0.2) is 0 Å². The minimum absolute atomic E-state index is 0.0724. The van der Waals surface area contributed by atoms with E-state index in [4.69, 9.17) is 4.42 Å². The zero-order valence-corrected chi connectivity index (χ0v) is 27.6. The average molecular weight is 682 g/mol. The number of nitrogens with zero attached hydrogens (tertiary/aromatic N) is 4. The summed E-state index contributed by atoms with van der Waals surface area (Å²) in [4.78, 5) is 47.0. The molecule has 3 fully saturated rings. The highest BCUT2D eigenvalue weighted by atomic mass is 19.4. The normalized spacial score (nSPS) is 23.7. The minimum Gasteiger partial charge on any atom is -0.481 e. The fraction of sp³-hybridized carbons (Fsp3) is 0.528. The summed E-state index contributed by atoms with van der Waals surface area (Å²) in [5, 5.41) is 11.8. The summed E-state index contributed by atoms with van der Waals surface area (Å²) in [6.45, 7) is 4.96. The van der Waals surface area contributed by atoms with Gasteiger partial charge in [0.05, 0.1) is 5.92 Å². The first-order chi connectivity index (χ1) is 23.5. The van der Waals surface area contributed by atoms with Crippen LogP contribution in [0.2, 0.25) is 0 Å². The highest BCUT2D eigenvalue weighted by Crippen LogP contribution is 2.36. The Morgan fingerprint density at radius 2 is 1.63 bits per heavy atom. The largest absolute Gasteiger partial charge is 0.481 e. The molecule has 2 aliphatic heterocycles. The second-order valence-corrected chi connectivity index (χ2v) is 13.4. The number of carboxylic acids is 1. The van der Waals surface area contributed by atoms with E-state index in [1.807, 2.05) is 11.8 Å². The van der Waals surface area contributed by atoms with Crippen molar-refractivity contribution in [1.82, 2.24) is 20.1 Å². The molecule has 10 nitrogen and oxygen atoms in total. The number of halogens is 3. The molecule has 0 atom stereocenters. The number of allylic oxidation sites excluding steroid dienone is 8. The third-order valence-electron chi connectivity index (χ3n) is 10.2. The van der Waals surface area contributed by atoms with E-state index in [-0.39, 0.29) is 29.5 Å². The molecule has 3 heterocycles. The van der Waals surface area contributed by atoms with Crippen LogP contribution in [-0.2, 0) is 15.8 Å². The number of rotatable bonds is 7. The van der Waals surface area contributed by atoms with E-state index >= 15 is 0 Å². The van der Waals surface area contributed by atoms with E-state index in [9.17, 15) is 32.7 Å². The van der Waals surface area contributed by atoms with Crippen LogP contribution in [-0.4, -0.2) is 76.9 Å². The summed E-state index contributed by atoms with van der Waals surface area (Å²) in [6.07, 6.45) is 12.2. The number of carbonyl (C=O) groups is 3. The number of aromatic nitrogens is 1. The van der Waals surface area contributed by atoms with Crippen LogP contribution in [0.3, 0.4) is 0 Å². The third kappa shape index (κ3) is 7.88. The Kier molecular flexibility index (Phi) is 10.2. The monoisotopic (exact) mass is 681 g/mol. The smallest absolute Gasteiger partial charge is 0.437 e. The Bertz CT molecular complexity index is 1640. The molecule has 1 aromatic rings. The SMILES string of the molecule is CC1=C=CC(NC(=O)c2oc(N3CCC(C4=CCCC=C4)CC3)nc2C(F)(F)F)=CC=C1N1CCN(C(=O)C2CCC(C(=O)O)CC2)CC1. The lowest BCUT2D eigenvalue weighted by Crippen LogP contribution is -2.50. The second kappa shape index (κ2) is 14.5. The maximum absolute atomic E-state index is 14.0. The number of nitrogens with one attached hydrogen (secondary N) is 1. The van der Waals surface area contributed by atoms with Crippen LogP contribution >= 0.6 is 0 Å². The summed E-state index contributed by atoms with van der Waals surface area (Å²) in [5.41, 5.74) is 4.87. The lowest BCUT2D eigenvalue weighted by molar-refractivity contribution is -0.146. The number of hydrogen-bond donors (Lipinski definition) is 2. The van der Waals surface area contributed by atoms with Gasteiger partial charge in [0.2, 0.25) is 11.7 Å². The van der Waals surface area contributed by atoms with Crippen LogP contribution in [0.5, 0.6) is 0 Å². The molecule has 5 aliphatic rings. The molecule has 2 saturated heterocycles. The van der Waals surface area contributed by atoms with E-state index in [0.717, 1.165) is 37.0 Å². The van der Waals surface area contributed by atoms with Crippen LogP contribution < -0.4 is 10.2 Å². The maximum Gasteiger partial charge on any atom is 0.437 e. The predicted octanol–water partition coefficient (Wildman–Crippen LogP) is 5.83. The molecule has 0 aromatic carbocycles. The van der Waals surface area contributed by atoms with Crippen LogP contribution in [0.4, 0.5) is 19.2 Å². The number of alkyl halides is 3. The van der Waals surface area contributed by atoms with Gasteiger partial charge in [0.15, 0.2) is 5.69 Å². The van der Waals surface area contributed by atoms with E-state index in [1.165, 1.54) is 11.6 Å². The number of amides is 2. The van der Waals surface area contributed by atoms with Gasteiger partial charge < -0.3 is 29.5 Å². The molecular formula is C36H42F3N5O5. The van der Waals surface area contributed by atoms with Crippen molar-refractivity contribution in [2.45, 2.75) is 64.5 Å². The molecule has 1 saturated carbocycles. The van der Waals surface area contributed by atoms with Crippen LogP contribution in [0.1, 0.15) is 74.5 Å². The number of piperazine rings is 1. The van der Waals surface area contributed by atoms with Crippen LogP contribution in [0.15, 0.2) is 69.1 Å². The molecule has 0 bridgehead atoms. The fourth-order valence-electron chi connectivity index (χ4n) is 7.35. The Hall–Kier alpha value is -4.51. The molecule has 3 aliphatic carbocycles. The molecule has 262 valence electrons. The van der Waals surface area contributed by atoms with E-state index in [1.54, 1.807) is 17.1 Å². The number of carboxylic acid groups (broad SMARTS) is 1. The van der Waals surface area contributed by atoms with Crippen molar-refractivity contribution in [2.24, 2.45) is 17.8 Å². The quantitative estimate of drug-likeness (QED) is 0.345. The first kappa shape index (κ1) is 34.4. The Labute approximate surface area is 283 Å². The van der Waals surface area contributed by atoms with Gasteiger partial charge in [0.25, 0.3) is 11.9 Å². The van der Waals surface area contributed by atoms with Gasteiger partial charge in [-0.15, -0.1) is 5.73 Å². The van der Waals surface area contributed by atoms with Gasteiger partial charge in [-0.05, 0) is 81.9 Å². The molecule has 0 unspecified atom stereocenters. The van der Waals surface area contributed by atoms with Crippen molar-refractivity contribution in [3.05, 3.63) is 76.2 Å². The molecule has 0 radical (unpaired) electrons. The van der Waals surface area contributed by atoms with Crippen molar-refractivity contribution in [1.29, 1.82) is 0 Å². The van der Waals surface area contributed by atoms with Crippen molar-refractivity contribution in [3.8, 4) is 0 Å². The lowest BCUT2D eigenvalue weighted by atomic mass is 9.81. The molecule has 13 heteroatoms. The summed E-state index contributed by atoms with van der Waals surface area (Å²) in [7, 11) is 0. The fourth-order valence-corrected chi connectivity index (χ4v) is 7.35. The molecule has 2 N–H and O–H groups in total. The molecule has 49 heavy (non-hydrogen) atoms. The van der Waals surface area contributed by atoms with Gasteiger partial charge in [0.1, 0.15) is 0 Å². The second-order valence-electron chi connectivity index (χ2n) is 13.4. The maximum atomic E-state index is 14.0. The van der Waals surface area contributed by atoms with Crippen molar-refractivity contribution < 1.29 is 37.1 Å². The highest BCUT2D eigenvalue weighted by Gasteiger charge is 2.42. The summed E-state index contributed by atoms with van der Waals surface area (Å²) < 4.78 is 47.6. The average Bonchev–Trinajstić information content (AvgIpc) is 3.50. The highest BCUT2D eigenvalue weighted by molar-refractivity contribution is 5.94. The number of anilines is 1. The minimum atomic E-state index is -4.89. The van der Waals surface area contributed by atoms with Gasteiger partial charge in [-0.2, -0.15) is 18.2 Å². The molecule has 6 rings (SSSR count). The zero-order valence-electron chi connectivity index (χ0n) is 27.6. The van der Waals surface area contributed by atoms with Crippen LogP contribution in [0.25, 0.3) is 0 Å². The summed E-state index contributed by atoms with van der Waals surface area (Å²) in [5.74, 6) is -2.85. The molecule has 0 spiro atoms. The topological polar surface area (TPSA) is 119 Å². The molecule has 2 amide bonds. The van der Waals surface area contributed by atoms with Crippen molar-refractivity contribution in [3.63, 3.8) is 0 Å². The summed E-state index contributed by atoms with van der Waals surface area (Å²) in [6, 6.07) is -0.210. The van der Waals surface area contributed by atoms with E-state index < -0.39 is 29.5 Å². The lowest BCUT2D eigenvalue weighted by Gasteiger charge is -2.39. The molecular weight excluding hydrogens is 639 g/mol. The number of hydrogen-bond acceptors (Lipinski definition) is 7. The predicted molar refractivity (Wildman–Crippen MR) is 175 cm³/mol. The Balaban J connectivity index is 1.08. The van der Waals surface area contributed by atoms with Gasteiger partial charge in [-0.3, -0.25) is 14.4 Å². The Morgan fingerprint density at radius 3 is 2.27 bits per heavy atom. The van der Waals surface area contributed by atoms with Gasteiger partial charge >= 0.3 is 12.1 Å². The zero-order chi connectivity index (χ0) is 34.7. The van der Waals surface area contributed by atoms with Crippen LogP contribution in [0, 0.1) is 17.8 Å². The molecule has 1 aromatic heterocycles. The number of carbonyl (C=O) groups excluding carboxylic acids is 2. The number of piperidine rings is 1. The van der Waals surface area contributed by atoms with Gasteiger partial charge in [0, 0.05) is 68.2 Å². The first-order valence-electron chi connectivity index (χ1n) is 17.1. The summed E-state index contributed by atoms with van der Waals surface area (Å²) >= 11 is 0. The van der Waals surface area contributed by atoms with Gasteiger partial charge in [-0.1, -0.05) is 18.2 Å². The number of oxazole rings is 1. The van der Waals surface area contributed by atoms with E-state index in [2.05, 4.69) is 39.2 Å². The van der Waals surface area contributed by atoms with E-state index in [0.29, 0.717) is 70.9 Å². The van der Waals surface area contributed by atoms with Crippen molar-refractivity contribution in [2.75, 3.05) is 44.2 Å². The standard InChI is InChI=1S/C36H42F3N5O5/c1-23-7-12-28(13-14-29(23)42-19-21-43(22-20-42)33(46)26-8-10-27(11-9-26)34(47)48)40-32(45)30-31(36(37,38)39)41-35(49-30)44-17-15-25(16-18-44)24-5-3-2-4-6-24/h3,5-6,12-14,25-27H,2,4,8-11,15-22H2,1H3,(H,40,45)(H,47,48). The first-order valence-corrected chi connectivity index (χ1v) is 17.1. The number of aliphatic carboxylic acids is 1. The Morgan fingerprint density at radius 1 is 0.939 bits per heavy atom.